The van der Waals surface area contributed by atoms with E-state index in [2.05, 4.69) is 13.8 Å². The van der Waals surface area contributed by atoms with Crippen LogP contribution in [0.3, 0.4) is 0 Å². The average Bonchev–Trinajstić information content (AvgIpc) is 1.84. The van der Waals surface area contributed by atoms with Gasteiger partial charge in [-0.15, -0.1) is 0 Å². The van der Waals surface area contributed by atoms with E-state index in [4.69, 9.17) is 9.47 Å². The Hall–Kier alpha value is -0.0800. The lowest BCUT2D eigenvalue weighted by Gasteiger charge is -2.16. The minimum Gasteiger partial charge on any atom is -0.379 e. The molecule has 0 aromatic carbocycles. The van der Waals surface area contributed by atoms with Crippen molar-refractivity contribution in [3.63, 3.8) is 0 Å². The van der Waals surface area contributed by atoms with Gasteiger partial charge in [-0.1, -0.05) is 13.8 Å². The first-order valence-electron chi connectivity index (χ1n) is 4.75. The fourth-order valence-electron chi connectivity index (χ4n) is 0.974. The van der Waals surface area contributed by atoms with Crippen molar-refractivity contribution in [3.8, 4) is 0 Å². The second kappa shape index (κ2) is 6.44. The summed E-state index contributed by atoms with van der Waals surface area (Å²) in [6, 6.07) is 0. The molecular weight excluding hydrogens is 152 g/mol. The van der Waals surface area contributed by atoms with Crippen molar-refractivity contribution in [2.24, 2.45) is 5.92 Å². The van der Waals surface area contributed by atoms with E-state index >= 15 is 0 Å². The third-order valence-electron chi connectivity index (χ3n) is 1.31. The Labute approximate surface area is 76.3 Å². The predicted octanol–water partition coefficient (Wildman–Crippen LogP) is 2.47. The minimum absolute atomic E-state index is 0.212. The first-order valence-corrected chi connectivity index (χ1v) is 4.75. The van der Waals surface area contributed by atoms with Crippen LogP contribution in [0.25, 0.3) is 0 Å². The Morgan fingerprint density at radius 3 is 1.92 bits per heavy atom. The number of hydrogen-bond donors (Lipinski definition) is 0. The van der Waals surface area contributed by atoms with Crippen LogP contribution >= 0.6 is 0 Å². The van der Waals surface area contributed by atoms with Crippen molar-refractivity contribution in [2.75, 3.05) is 13.2 Å². The highest BCUT2D eigenvalue weighted by Gasteiger charge is 2.04. The van der Waals surface area contributed by atoms with Gasteiger partial charge in [-0.25, -0.2) is 0 Å². The van der Waals surface area contributed by atoms with Gasteiger partial charge in [0, 0.05) is 6.61 Å². The van der Waals surface area contributed by atoms with Crippen molar-refractivity contribution in [1.29, 1.82) is 0 Å². The van der Waals surface area contributed by atoms with Crippen LogP contribution in [0.15, 0.2) is 0 Å². The SMILES string of the molecule is CC(C)COCC(C)OC(C)C. The van der Waals surface area contributed by atoms with Crippen LogP contribution in [0.1, 0.15) is 34.6 Å². The van der Waals surface area contributed by atoms with Gasteiger partial charge in [-0.2, -0.15) is 0 Å². The molecule has 2 nitrogen and oxygen atoms in total. The normalized spacial score (nSPS) is 14.2. The van der Waals surface area contributed by atoms with Gasteiger partial charge < -0.3 is 9.47 Å². The van der Waals surface area contributed by atoms with Gasteiger partial charge in [0.1, 0.15) is 0 Å². The summed E-state index contributed by atoms with van der Waals surface area (Å²) in [5.74, 6) is 0.608. The molecule has 0 radical (unpaired) electrons. The van der Waals surface area contributed by atoms with E-state index in [9.17, 15) is 0 Å². The van der Waals surface area contributed by atoms with Crippen molar-refractivity contribution >= 4 is 0 Å². The number of ether oxygens (including phenoxy) is 2. The third kappa shape index (κ3) is 8.02. The second-order valence-corrected chi connectivity index (χ2v) is 3.93. The van der Waals surface area contributed by atoms with Crippen LogP contribution in [-0.2, 0) is 9.47 Å². The van der Waals surface area contributed by atoms with Crippen molar-refractivity contribution < 1.29 is 9.47 Å². The summed E-state index contributed by atoms with van der Waals surface area (Å²) in [6.45, 7) is 11.9. The van der Waals surface area contributed by atoms with E-state index < -0.39 is 0 Å². The van der Waals surface area contributed by atoms with Crippen LogP contribution in [0.2, 0.25) is 0 Å². The Kier molecular flexibility index (Phi) is 6.39. The molecule has 1 atom stereocenters. The summed E-state index contributed by atoms with van der Waals surface area (Å²) in [6.07, 6.45) is 0.506. The molecule has 0 aliphatic heterocycles. The molecule has 0 amide bonds. The molecular formula is C10H22O2. The molecule has 0 aliphatic carbocycles. The molecule has 0 spiro atoms. The lowest BCUT2D eigenvalue weighted by molar-refractivity contribution is -0.0391. The van der Waals surface area contributed by atoms with E-state index in [0.29, 0.717) is 18.6 Å². The van der Waals surface area contributed by atoms with E-state index in [1.54, 1.807) is 0 Å². The Morgan fingerprint density at radius 2 is 1.50 bits per heavy atom. The highest BCUT2D eigenvalue weighted by Crippen LogP contribution is 1.99. The van der Waals surface area contributed by atoms with Gasteiger partial charge in [0.15, 0.2) is 0 Å². The predicted molar refractivity (Wildman–Crippen MR) is 51.3 cm³/mol. The Morgan fingerprint density at radius 1 is 0.917 bits per heavy atom. The molecule has 12 heavy (non-hydrogen) atoms. The lowest BCUT2D eigenvalue weighted by Crippen LogP contribution is -2.21. The van der Waals surface area contributed by atoms with Crippen LogP contribution in [0.4, 0.5) is 0 Å². The van der Waals surface area contributed by atoms with Crippen LogP contribution in [0.5, 0.6) is 0 Å². The fourth-order valence-corrected chi connectivity index (χ4v) is 0.974. The summed E-state index contributed by atoms with van der Waals surface area (Å²) < 4.78 is 10.9. The standard InChI is InChI=1S/C10H22O2/c1-8(2)6-11-7-10(5)12-9(3)4/h8-10H,6-7H2,1-5H3. The zero-order valence-electron chi connectivity index (χ0n) is 8.96. The number of hydrogen-bond acceptors (Lipinski definition) is 2. The largest absolute Gasteiger partial charge is 0.379 e. The molecule has 0 heterocycles. The smallest absolute Gasteiger partial charge is 0.0783 e. The molecule has 2 heteroatoms. The summed E-state index contributed by atoms with van der Waals surface area (Å²) in [7, 11) is 0. The molecule has 0 saturated heterocycles. The summed E-state index contributed by atoms with van der Waals surface area (Å²) in [5.41, 5.74) is 0. The second-order valence-electron chi connectivity index (χ2n) is 3.93. The van der Waals surface area contributed by atoms with Gasteiger partial charge in [-0.05, 0) is 26.7 Å². The van der Waals surface area contributed by atoms with Crippen LogP contribution in [-0.4, -0.2) is 25.4 Å². The van der Waals surface area contributed by atoms with E-state index in [-0.39, 0.29) is 6.10 Å². The molecule has 0 rings (SSSR count). The van der Waals surface area contributed by atoms with Crippen molar-refractivity contribution in [3.05, 3.63) is 0 Å². The van der Waals surface area contributed by atoms with E-state index in [0.717, 1.165) is 6.61 Å². The fraction of sp³-hybridized carbons (Fsp3) is 1.00. The lowest BCUT2D eigenvalue weighted by atomic mass is 10.2. The van der Waals surface area contributed by atoms with Crippen molar-refractivity contribution in [2.45, 2.75) is 46.8 Å². The Balaban J connectivity index is 3.25. The summed E-state index contributed by atoms with van der Waals surface area (Å²) >= 11 is 0. The monoisotopic (exact) mass is 174 g/mol. The highest BCUT2D eigenvalue weighted by atomic mass is 16.5. The van der Waals surface area contributed by atoms with E-state index in [1.165, 1.54) is 0 Å². The minimum atomic E-state index is 0.212. The van der Waals surface area contributed by atoms with Gasteiger partial charge >= 0.3 is 0 Å². The molecule has 0 N–H and O–H groups in total. The maximum atomic E-state index is 5.51. The van der Waals surface area contributed by atoms with Crippen LogP contribution < -0.4 is 0 Å². The third-order valence-corrected chi connectivity index (χ3v) is 1.31. The molecule has 0 fully saturated rings. The van der Waals surface area contributed by atoms with Gasteiger partial charge in [0.05, 0.1) is 18.8 Å². The molecule has 1 unspecified atom stereocenters. The topological polar surface area (TPSA) is 18.5 Å². The Bertz CT molecular complexity index is 100. The molecule has 0 bridgehead atoms. The molecule has 0 aliphatic rings. The quantitative estimate of drug-likeness (QED) is 0.616. The molecule has 0 saturated carbocycles. The van der Waals surface area contributed by atoms with Crippen LogP contribution in [0, 0.1) is 5.92 Å². The summed E-state index contributed by atoms with van der Waals surface area (Å²) in [5, 5.41) is 0. The zero-order valence-corrected chi connectivity index (χ0v) is 8.96. The molecule has 0 aromatic rings. The van der Waals surface area contributed by atoms with E-state index in [1.807, 2.05) is 20.8 Å². The number of rotatable bonds is 6. The maximum absolute atomic E-state index is 5.51. The van der Waals surface area contributed by atoms with Crippen molar-refractivity contribution in [1.82, 2.24) is 0 Å². The van der Waals surface area contributed by atoms with Gasteiger partial charge in [0.25, 0.3) is 0 Å². The first-order chi connectivity index (χ1) is 5.52. The average molecular weight is 174 g/mol. The van der Waals surface area contributed by atoms with Gasteiger partial charge in [0.2, 0.25) is 0 Å². The van der Waals surface area contributed by atoms with Gasteiger partial charge in [-0.3, -0.25) is 0 Å². The molecule has 74 valence electrons. The maximum Gasteiger partial charge on any atom is 0.0783 e. The zero-order chi connectivity index (χ0) is 9.56. The summed E-state index contributed by atoms with van der Waals surface area (Å²) in [4.78, 5) is 0. The molecule has 0 aromatic heterocycles. The first kappa shape index (κ1) is 11.9. The highest BCUT2D eigenvalue weighted by molar-refractivity contribution is 4.50.